The first-order valence-corrected chi connectivity index (χ1v) is 3.27. The van der Waals surface area contributed by atoms with E-state index in [9.17, 15) is 4.79 Å². The van der Waals surface area contributed by atoms with E-state index in [1.165, 1.54) is 6.08 Å². The summed E-state index contributed by atoms with van der Waals surface area (Å²) in [5.74, 6) is -0.433. The fraction of sp³-hybridized carbons (Fsp3) is 0.571. The summed E-state index contributed by atoms with van der Waals surface area (Å²) >= 11 is 0. The predicted molar refractivity (Wildman–Crippen MR) is 37.2 cm³/mol. The maximum atomic E-state index is 10.3. The minimum atomic E-state index is -1.01. The molecule has 0 saturated carbocycles. The summed E-state index contributed by atoms with van der Waals surface area (Å²) in [7, 11) is 0. The first-order valence-electron chi connectivity index (χ1n) is 3.27. The number of rotatable bonds is 0. The lowest BCUT2D eigenvalue weighted by Crippen LogP contribution is -2.05. The molecule has 0 aromatic carbocycles. The van der Waals surface area contributed by atoms with Crippen molar-refractivity contribution in [1.29, 1.82) is 0 Å². The fourth-order valence-corrected chi connectivity index (χ4v) is 0.519. The third-order valence-corrected chi connectivity index (χ3v) is 0.942. The molecule has 0 aromatic rings. The number of hydrogen-bond acceptors (Lipinski definition) is 3. The van der Waals surface area contributed by atoms with Crippen molar-refractivity contribution in [3.63, 3.8) is 0 Å². The molecule has 1 rings (SSSR count). The molecular formula is C7H12O3. The Labute approximate surface area is 60.3 Å². The molecule has 0 saturated heterocycles. The molecule has 10 heavy (non-hydrogen) atoms. The third-order valence-electron chi connectivity index (χ3n) is 0.942. The van der Waals surface area contributed by atoms with Crippen LogP contribution >= 0.6 is 0 Å². The van der Waals surface area contributed by atoms with Gasteiger partial charge in [-0.1, -0.05) is 13.8 Å². The molecule has 1 unspecified atom stereocenters. The van der Waals surface area contributed by atoms with Gasteiger partial charge in [0.1, 0.15) is 0 Å². The molecule has 1 aliphatic heterocycles. The molecule has 1 heterocycles. The van der Waals surface area contributed by atoms with Crippen LogP contribution in [0, 0.1) is 0 Å². The van der Waals surface area contributed by atoms with E-state index in [0.717, 1.165) is 0 Å². The van der Waals surface area contributed by atoms with Crippen molar-refractivity contribution < 1.29 is 14.6 Å². The van der Waals surface area contributed by atoms with E-state index >= 15 is 0 Å². The van der Waals surface area contributed by atoms with Crippen LogP contribution in [0.3, 0.4) is 0 Å². The number of aliphatic hydroxyl groups is 1. The standard InChI is InChI=1S/C5H6O3.C2H6/c1-3-2-4(6)8-5(3)7;1-2/h2,4,6H,1H3;1-2H3. The highest BCUT2D eigenvalue weighted by molar-refractivity contribution is 5.89. The second-order valence-electron chi connectivity index (χ2n) is 1.65. The molecule has 0 aliphatic carbocycles. The van der Waals surface area contributed by atoms with E-state index in [-0.39, 0.29) is 0 Å². The van der Waals surface area contributed by atoms with Gasteiger partial charge in [-0.2, -0.15) is 0 Å². The SMILES string of the molecule is CC.CC1=CC(O)OC1=O. The van der Waals surface area contributed by atoms with E-state index in [4.69, 9.17) is 5.11 Å². The Morgan fingerprint density at radius 3 is 2.20 bits per heavy atom. The average Bonchev–Trinajstić information content (AvgIpc) is 2.16. The molecule has 3 nitrogen and oxygen atoms in total. The summed E-state index contributed by atoms with van der Waals surface area (Å²) in [6.45, 7) is 5.60. The summed E-state index contributed by atoms with van der Waals surface area (Å²) in [5, 5.41) is 8.55. The number of hydrogen-bond donors (Lipinski definition) is 1. The van der Waals surface area contributed by atoms with Gasteiger partial charge < -0.3 is 9.84 Å². The minimum absolute atomic E-state index is 0.433. The number of ether oxygens (including phenoxy) is 1. The Hall–Kier alpha value is -0.830. The van der Waals surface area contributed by atoms with Crippen molar-refractivity contribution in [2.45, 2.75) is 27.1 Å². The Kier molecular flexibility index (Phi) is 3.72. The van der Waals surface area contributed by atoms with Crippen molar-refractivity contribution in [2.75, 3.05) is 0 Å². The molecule has 1 N–H and O–H groups in total. The van der Waals surface area contributed by atoms with Gasteiger partial charge in [0.05, 0.1) is 0 Å². The van der Waals surface area contributed by atoms with Gasteiger partial charge in [0.25, 0.3) is 0 Å². The monoisotopic (exact) mass is 144 g/mol. The average molecular weight is 144 g/mol. The second kappa shape index (κ2) is 4.06. The number of esters is 1. The molecule has 0 fully saturated rings. The molecule has 58 valence electrons. The van der Waals surface area contributed by atoms with Crippen molar-refractivity contribution in [3.8, 4) is 0 Å². The topological polar surface area (TPSA) is 46.5 Å². The lowest BCUT2D eigenvalue weighted by molar-refractivity contribution is -0.151. The molecule has 0 amide bonds. The molecule has 3 heteroatoms. The van der Waals surface area contributed by atoms with Crippen LogP contribution in [0.15, 0.2) is 11.6 Å². The first kappa shape index (κ1) is 9.17. The normalized spacial score (nSPS) is 22.6. The number of cyclic esters (lactones) is 1. The molecule has 1 atom stereocenters. The Morgan fingerprint density at radius 1 is 1.60 bits per heavy atom. The molecule has 0 spiro atoms. The Morgan fingerprint density at radius 2 is 2.10 bits per heavy atom. The van der Waals surface area contributed by atoms with Crippen molar-refractivity contribution in [3.05, 3.63) is 11.6 Å². The van der Waals surface area contributed by atoms with E-state index in [1.807, 2.05) is 13.8 Å². The fourth-order valence-electron chi connectivity index (χ4n) is 0.519. The zero-order valence-corrected chi connectivity index (χ0v) is 6.42. The molecule has 0 aromatic heterocycles. The number of carbonyl (C=O) groups excluding carboxylic acids is 1. The lowest BCUT2D eigenvalue weighted by atomic mass is 10.3. The molecule has 0 radical (unpaired) electrons. The van der Waals surface area contributed by atoms with Crippen LogP contribution < -0.4 is 0 Å². The largest absolute Gasteiger partial charge is 0.429 e. The maximum absolute atomic E-state index is 10.3. The van der Waals surface area contributed by atoms with Gasteiger partial charge in [0, 0.05) is 5.57 Å². The van der Waals surface area contributed by atoms with E-state index in [2.05, 4.69) is 4.74 Å². The van der Waals surface area contributed by atoms with E-state index in [0.29, 0.717) is 5.57 Å². The first-order chi connectivity index (χ1) is 4.70. The Bertz CT molecular complexity index is 149. The van der Waals surface area contributed by atoms with Gasteiger partial charge in [0.2, 0.25) is 6.29 Å². The number of aliphatic hydroxyl groups excluding tert-OH is 1. The van der Waals surface area contributed by atoms with Crippen LogP contribution in [0.5, 0.6) is 0 Å². The zero-order chi connectivity index (χ0) is 8.15. The van der Waals surface area contributed by atoms with Crippen LogP contribution in [0.25, 0.3) is 0 Å². The maximum Gasteiger partial charge on any atom is 0.336 e. The highest BCUT2D eigenvalue weighted by Gasteiger charge is 2.18. The van der Waals surface area contributed by atoms with Gasteiger partial charge in [-0.05, 0) is 13.0 Å². The van der Waals surface area contributed by atoms with Crippen LogP contribution in [-0.2, 0) is 9.53 Å². The molecule has 1 aliphatic rings. The predicted octanol–water partition coefficient (Wildman–Crippen LogP) is 0.834. The third kappa shape index (κ3) is 2.19. The minimum Gasteiger partial charge on any atom is -0.429 e. The van der Waals surface area contributed by atoms with Crippen LogP contribution in [-0.4, -0.2) is 17.4 Å². The zero-order valence-electron chi connectivity index (χ0n) is 6.42. The smallest absolute Gasteiger partial charge is 0.336 e. The lowest BCUT2D eigenvalue weighted by Gasteiger charge is -1.95. The summed E-state index contributed by atoms with van der Waals surface area (Å²) in [6, 6.07) is 0. The summed E-state index contributed by atoms with van der Waals surface area (Å²) in [5.41, 5.74) is 0.470. The van der Waals surface area contributed by atoms with Crippen LogP contribution in [0.4, 0.5) is 0 Å². The molecular weight excluding hydrogens is 132 g/mol. The van der Waals surface area contributed by atoms with Crippen molar-refractivity contribution in [1.82, 2.24) is 0 Å². The number of carbonyl (C=O) groups is 1. The summed E-state index contributed by atoms with van der Waals surface area (Å²) in [6.07, 6.45) is 0.352. The van der Waals surface area contributed by atoms with E-state index in [1.54, 1.807) is 6.92 Å². The van der Waals surface area contributed by atoms with Gasteiger partial charge in [0.15, 0.2) is 0 Å². The highest BCUT2D eigenvalue weighted by Crippen LogP contribution is 2.09. The molecule has 0 bridgehead atoms. The van der Waals surface area contributed by atoms with E-state index < -0.39 is 12.3 Å². The summed E-state index contributed by atoms with van der Waals surface area (Å²) < 4.78 is 4.30. The van der Waals surface area contributed by atoms with Gasteiger partial charge in [-0.15, -0.1) is 0 Å². The quantitative estimate of drug-likeness (QED) is 0.512. The van der Waals surface area contributed by atoms with Crippen molar-refractivity contribution >= 4 is 5.97 Å². The highest BCUT2D eigenvalue weighted by atomic mass is 16.6. The van der Waals surface area contributed by atoms with Crippen LogP contribution in [0.1, 0.15) is 20.8 Å². The second-order valence-corrected chi connectivity index (χ2v) is 1.65. The Balaban J connectivity index is 0.000000371. The van der Waals surface area contributed by atoms with Crippen LogP contribution in [0.2, 0.25) is 0 Å². The summed E-state index contributed by atoms with van der Waals surface area (Å²) in [4.78, 5) is 10.3. The van der Waals surface area contributed by atoms with Crippen molar-refractivity contribution in [2.24, 2.45) is 0 Å². The van der Waals surface area contributed by atoms with Gasteiger partial charge >= 0.3 is 5.97 Å². The van der Waals surface area contributed by atoms with Gasteiger partial charge in [-0.3, -0.25) is 0 Å². The van der Waals surface area contributed by atoms with Gasteiger partial charge in [-0.25, -0.2) is 4.79 Å².